The Hall–Kier alpha value is -13.3. The quantitative estimate of drug-likeness (QED) is 0.108. The molecule has 0 aliphatic carbocycles. The van der Waals surface area contributed by atoms with E-state index in [4.69, 9.17) is 0 Å². The Labute approximate surface area is 583 Å². The van der Waals surface area contributed by atoms with Crippen LogP contribution in [0.2, 0.25) is 0 Å². The van der Waals surface area contributed by atoms with Gasteiger partial charge < -0.3 is 18.9 Å². The average molecular weight is 1280 g/mol. The molecule has 4 heteroatoms. The molecule has 0 saturated carbocycles. The highest BCUT2D eigenvalue weighted by atomic mass is 15.2. The largest absolute Gasteiger partial charge is 0.310 e. The third kappa shape index (κ3) is 11.7. The molecule has 0 bridgehead atoms. The molecule has 0 saturated heterocycles. The molecule has 18 aromatic rings. The highest BCUT2D eigenvalue weighted by Gasteiger charge is 2.25. The van der Waals surface area contributed by atoms with Crippen LogP contribution >= 0.6 is 0 Å². The van der Waals surface area contributed by atoms with E-state index in [1.807, 2.05) is 0 Å². The Bertz CT molecular complexity index is 5830. The van der Waals surface area contributed by atoms with Crippen LogP contribution in [0.1, 0.15) is 0 Å². The second-order valence-corrected chi connectivity index (χ2v) is 25.2. The maximum atomic E-state index is 2.44. The molecule has 0 unspecified atom stereocenters. The van der Waals surface area contributed by atoms with E-state index in [1.165, 1.54) is 110 Å². The summed E-state index contributed by atoms with van der Waals surface area (Å²) in [6, 6.07) is 148. The topological polar surface area (TPSA) is 16.3 Å². The molecule has 18 rings (SSSR count). The summed E-state index contributed by atoms with van der Waals surface area (Å²) in [7, 11) is 0. The zero-order valence-corrected chi connectivity index (χ0v) is 55.0. The second kappa shape index (κ2) is 27.1. The molecule has 2 heterocycles. The molecular formula is C96H68N4. The zero-order valence-electron chi connectivity index (χ0n) is 55.0. The van der Waals surface area contributed by atoms with Crippen molar-refractivity contribution in [3.05, 3.63) is 413 Å². The predicted molar refractivity (Wildman–Crippen MR) is 424 cm³/mol. The SMILES string of the molecule is c1ccc(-c2ccc(N(c3cccc(-c4ccccc4)c3)c3cccc4c3c3ccccc3n4-c3ccc(-c4ccccc4)cc3)cc2)cc1.c1ccc(-c2ccc(N(c3ccccc3-c3ccccc3)c3cccc4c3c3ccccc3n4-c3ccc(-c4ccccc4)cc3)cc2)cc1. The fourth-order valence-electron chi connectivity index (χ4n) is 14.5. The summed E-state index contributed by atoms with van der Waals surface area (Å²) in [6.45, 7) is 0. The lowest BCUT2D eigenvalue weighted by molar-refractivity contribution is 1.18. The smallest absolute Gasteiger partial charge is 0.0562 e. The molecule has 4 nitrogen and oxygen atoms in total. The first-order valence-corrected chi connectivity index (χ1v) is 34.2. The van der Waals surface area contributed by atoms with Gasteiger partial charge in [-0.25, -0.2) is 0 Å². The average Bonchev–Trinajstić information content (AvgIpc) is 1.57. The van der Waals surface area contributed by atoms with Crippen LogP contribution in [0, 0.1) is 0 Å². The monoisotopic (exact) mass is 1280 g/mol. The predicted octanol–water partition coefficient (Wildman–Crippen LogP) is 26.5. The fourth-order valence-corrected chi connectivity index (χ4v) is 14.5. The zero-order chi connectivity index (χ0) is 66.6. The first-order chi connectivity index (χ1) is 49.6. The Morgan fingerprint density at radius 3 is 0.890 bits per heavy atom. The van der Waals surface area contributed by atoms with Crippen molar-refractivity contribution in [2.75, 3.05) is 9.80 Å². The lowest BCUT2D eigenvalue weighted by Crippen LogP contribution is -2.11. The molecule has 0 fully saturated rings. The fraction of sp³-hybridized carbons (Fsp3) is 0. The van der Waals surface area contributed by atoms with Crippen LogP contribution in [0.4, 0.5) is 34.1 Å². The molecule has 16 aromatic carbocycles. The standard InChI is InChI=1S/2C48H34N2/c1-4-15-35(16-5-1)37-27-31-40(32-28-37)49(44-23-12-10-21-42(44)39-19-8-3-9-20-39)46-25-14-26-47-48(46)43-22-11-13-24-45(43)50(47)41-33-29-38(30-34-41)36-17-6-2-7-18-36;1-4-14-35(15-5-1)38-26-30-41(31-27-38)49(43-21-12-20-40(34-43)37-18-8-3-9-19-37)46-24-13-25-47-48(46)44-22-10-11-23-45(44)50(47)42-32-28-39(29-33-42)36-16-6-2-7-17-36/h2*1-34H. The third-order valence-electron chi connectivity index (χ3n) is 19.2. The van der Waals surface area contributed by atoms with Gasteiger partial charge in [-0.1, -0.05) is 309 Å². The molecule has 472 valence electrons. The molecule has 0 radical (unpaired) electrons. The third-order valence-corrected chi connectivity index (χ3v) is 19.2. The van der Waals surface area contributed by atoms with Gasteiger partial charge in [0.15, 0.2) is 0 Å². The van der Waals surface area contributed by atoms with Gasteiger partial charge >= 0.3 is 0 Å². The molecule has 100 heavy (non-hydrogen) atoms. The number of hydrogen-bond donors (Lipinski definition) is 0. The van der Waals surface area contributed by atoms with Crippen molar-refractivity contribution in [3.8, 4) is 78.1 Å². The van der Waals surface area contributed by atoms with Crippen molar-refractivity contribution in [2.24, 2.45) is 0 Å². The van der Waals surface area contributed by atoms with Gasteiger partial charge in [-0.15, -0.1) is 0 Å². The van der Waals surface area contributed by atoms with Crippen LogP contribution in [0.3, 0.4) is 0 Å². The van der Waals surface area contributed by atoms with Crippen molar-refractivity contribution in [2.45, 2.75) is 0 Å². The van der Waals surface area contributed by atoms with Gasteiger partial charge in [0.05, 0.1) is 39.1 Å². The molecule has 0 aliphatic heterocycles. The molecule has 0 atom stereocenters. The summed E-state index contributed by atoms with van der Waals surface area (Å²) in [5, 5.41) is 4.86. The normalized spacial score (nSPS) is 11.2. The minimum absolute atomic E-state index is 1.10. The number of nitrogens with zero attached hydrogens (tertiary/aromatic N) is 4. The van der Waals surface area contributed by atoms with Crippen molar-refractivity contribution < 1.29 is 0 Å². The van der Waals surface area contributed by atoms with Gasteiger partial charge in [-0.2, -0.15) is 0 Å². The van der Waals surface area contributed by atoms with Crippen LogP contribution in [-0.2, 0) is 0 Å². The van der Waals surface area contributed by atoms with Crippen LogP contribution in [0.5, 0.6) is 0 Å². The first kappa shape index (κ1) is 60.4. The van der Waals surface area contributed by atoms with E-state index < -0.39 is 0 Å². The number of rotatable bonds is 14. The van der Waals surface area contributed by atoms with E-state index in [1.54, 1.807) is 0 Å². The summed E-state index contributed by atoms with van der Waals surface area (Å²) < 4.78 is 4.81. The van der Waals surface area contributed by atoms with Crippen LogP contribution in [0.25, 0.3) is 122 Å². The van der Waals surface area contributed by atoms with Crippen molar-refractivity contribution in [3.63, 3.8) is 0 Å². The Morgan fingerprint density at radius 2 is 0.460 bits per heavy atom. The summed E-state index contributed by atoms with van der Waals surface area (Å²) in [5.74, 6) is 0. The summed E-state index contributed by atoms with van der Waals surface area (Å²) >= 11 is 0. The van der Waals surface area contributed by atoms with Crippen molar-refractivity contribution >= 4 is 77.7 Å². The van der Waals surface area contributed by atoms with Gasteiger partial charge in [0.25, 0.3) is 0 Å². The number of benzene rings is 16. The first-order valence-electron chi connectivity index (χ1n) is 34.2. The van der Waals surface area contributed by atoms with Gasteiger partial charge in [0, 0.05) is 55.5 Å². The highest BCUT2D eigenvalue weighted by molar-refractivity contribution is 6.18. The van der Waals surface area contributed by atoms with E-state index in [2.05, 4.69) is 431 Å². The lowest BCUT2D eigenvalue weighted by Gasteiger charge is -2.29. The molecule has 0 N–H and O–H groups in total. The van der Waals surface area contributed by atoms with Gasteiger partial charge in [-0.3, -0.25) is 0 Å². The maximum absolute atomic E-state index is 2.44. The minimum Gasteiger partial charge on any atom is -0.310 e. The van der Waals surface area contributed by atoms with E-state index in [0.717, 1.165) is 45.5 Å². The molecule has 0 amide bonds. The van der Waals surface area contributed by atoms with Gasteiger partial charge in [0.2, 0.25) is 0 Å². The number of para-hydroxylation sites is 3. The van der Waals surface area contributed by atoms with Crippen molar-refractivity contribution in [1.29, 1.82) is 0 Å². The maximum Gasteiger partial charge on any atom is 0.0562 e. The van der Waals surface area contributed by atoms with Crippen LogP contribution < -0.4 is 9.80 Å². The van der Waals surface area contributed by atoms with E-state index in [0.29, 0.717) is 0 Å². The Morgan fingerprint density at radius 1 is 0.170 bits per heavy atom. The molecule has 0 spiro atoms. The molecule has 0 aliphatic rings. The van der Waals surface area contributed by atoms with E-state index in [9.17, 15) is 0 Å². The summed E-state index contributed by atoms with van der Waals surface area (Å²) in [6.07, 6.45) is 0. The Kier molecular flexibility index (Phi) is 16.4. The van der Waals surface area contributed by atoms with Crippen molar-refractivity contribution in [1.82, 2.24) is 9.13 Å². The lowest BCUT2D eigenvalue weighted by atomic mass is 10.00. The number of aromatic nitrogens is 2. The number of fused-ring (bicyclic) bond motifs is 6. The van der Waals surface area contributed by atoms with E-state index in [-0.39, 0.29) is 0 Å². The summed E-state index contributed by atoms with van der Waals surface area (Å²) in [4.78, 5) is 4.85. The Balaban J connectivity index is 0.000000150. The number of anilines is 6. The second-order valence-electron chi connectivity index (χ2n) is 25.2. The van der Waals surface area contributed by atoms with Gasteiger partial charge in [-0.05, 0) is 164 Å². The highest BCUT2D eigenvalue weighted by Crippen LogP contribution is 2.49. The molecular weight excluding hydrogens is 1210 g/mol. The van der Waals surface area contributed by atoms with Crippen LogP contribution in [-0.4, -0.2) is 9.13 Å². The van der Waals surface area contributed by atoms with E-state index >= 15 is 0 Å². The van der Waals surface area contributed by atoms with Gasteiger partial charge in [0.1, 0.15) is 0 Å². The molecule has 2 aromatic heterocycles. The summed E-state index contributed by atoms with van der Waals surface area (Å²) in [5.41, 5.74) is 28.1. The minimum atomic E-state index is 1.10. The van der Waals surface area contributed by atoms with Crippen LogP contribution in [0.15, 0.2) is 413 Å². The number of hydrogen-bond acceptors (Lipinski definition) is 2.